The molecule has 0 saturated heterocycles. The summed E-state index contributed by atoms with van der Waals surface area (Å²) in [5.41, 5.74) is 2.50. The third-order valence-corrected chi connectivity index (χ3v) is 2.93. The number of rotatable bonds is 5. The summed E-state index contributed by atoms with van der Waals surface area (Å²) in [4.78, 5) is 23.1. The van der Waals surface area contributed by atoms with E-state index in [1.54, 1.807) is 6.07 Å². The molecule has 0 atom stereocenters. The average Bonchev–Trinajstić information content (AvgIpc) is 2.46. The second-order valence-corrected chi connectivity index (χ2v) is 4.63. The molecule has 0 unspecified atom stereocenters. The number of carbonyl (C=O) groups is 2. The fourth-order valence-corrected chi connectivity index (χ4v) is 1.97. The first kappa shape index (κ1) is 13.9. The van der Waals surface area contributed by atoms with E-state index in [1.807, 2.05) is 60.7 Å². The molecule has 2 nitrogen and oxygen atoms in total. The number of ketones is 2. The molecule has 0 aromatic heterocycles. The summed E-state index contributed by atoms with van der Waals surface area (Å²) >= 11 is 0. The first-order valence-electron chi connectivity index (χ1n) is 6.51. The number of Topliss-reactive ketones (excluding diaryl/α,β-unsaturated/α-hetero) is 2. The maximum absolute atomic E-state index is 12.0. The van der Waals surface area contributed by atoms with Crippen LogP contribution >= 0.6 is 0 Å². The number of carbonyl (C=O) groups excluding carboxylic acids is 2. The molecule has 2 rings (SSSR count). The van der Waals surface area contributed by atoms with E-state index in [1.165, 1.54) is 6.92 Å². The summed E-state index contributed by atoms with van der Waals surface area (Å²) in [6, 6.07) is 17.2. The number of hydrogen-bond donors (Lipinski definition) is 0. The lowest BCUT2D eigenvalue weighted by atomic mass is 9.99. The molecule has 0 amide bonds. The number of hydrogen-bond acceptors (Lipinski definition) is 2. The summed E-state index contributed by atoms with van der Waals surface area (Å²) in [7, 11) is 0. The quantitative estimate of drug-likeness (QED) is 0.464. The van der Waals surface area contributed by atoms with Crippen molar-refractivity contribution in [1.82, 2.24) is 0 Å². The standard InChI is InChI=1S/C18H16O2/c1-14(19)13-18(20)17-10-6-5-9-16(17)12-11-15-7-3-2-4-8-15/h2-12H,13H2,1H3/b12-11+. The van der Waals surface area contributed by atoms with E-state index < -0.39 is 0 Å². The minimum Gasteiger partial charge on any atom is -0.300 e. The van der Waals surface area contributed by atoms with Gasteiger partial charge >= 0.3 is 0 Å². The topological polar surface area (TPSA) is 34.1 Å². The van der Waals surface area contributed by atoms with Gasteiger partial charge in [0.05, 0.1) is 6.42 Å². The third kappa shape index (κ3) is 3.75. The Kier molecular flexibility index (Phi) is 4.61. The first-order valence-corrected chi connectivity index (χ1v) is 6.51. The molecule has 0 aliphatic heterocycles. The van der Waals surface area contributed by atoms with Gasteiger partial charge in [-0.3, -0.25) is 9.59 Å². The van der Waals surface area contributed by atoms with E-state index in [9.17, 15) is 9.59 Å². The monoisotopic (exact) mass is 264 g/mol. The molecule has 0 bridgehead atoms. The lowest BCUT2D eigenvalue weighted by molar-refractivity contribution is -0.116. The predicted octanol–water partition coefficient (Wildman–Crippen LogP) is 4.02. The van der Waals surface area contributed by atoms with Gasteiger partial charge < -0.3 is 0 Å². The summed E-state index contributed by atoms with van der Waals surface area (Å²) in [5.74, 6) is -0.248. The van der Waals surface area contributed by atoms with Gasteiger partial charge in [-0.2, -0.15) is 0 Å². The normalized spacial score (nSPS) is 10.7. The lowest BCUT2D eigenvalue weighted by Crippen LogP contribution is -2.06. The zero-order chi connectivity index (χ0) is 14.4. The highest BCUT2D eigenvalue weighted by atomic mass is 16.1. The Morgan fingerprint density at radius 2 is 1.55 bits per heavy atom. The van der Waals surface area contributed by atoms with Crippen molar-refractivity contribution in [3.8, 4) is 0 Å². The van der Waals surface area contributed by atoms with Crippen molar-refractivity contribution in [3.05, 3.63) is 71.3 Å². The van der Waals surface area contributed by atoms with Crippen LogP contribution in [-0.2, 0) is 4.79 Å². The van der Waals surface area contributed by atoms with Gasteiger partial charge in [0.2, 0.25) is 0 Å². The Balaban J connectivity index is 2.26. The van der Waals surface area contributed by atoms with E-state index in [-0.39, 0.29) is 18.0 Å². The SMILES string of the molecule is CC(=O)CC(=O)c1ccccc1/C=C/c1ccccc1. The van der Waals surface area contributed by atoms with Crippen molar-refractivity contribution in [1.29, 1.82) is 0 Å². The molecule has 0 aliphatic rings. The summed E-state index contributed by atoms with van der Waals surface area (Å²) in [6.45, 7) is 1.43. The Hall–Kier alpha value is -2.48. The number of benzene rings is 2. The molecule has 0 N–H and O–H groups in total. The van der Waals surface area contributed by atoms with E-state index in [4.69, 9.17) is 0 Å². The minimum absolute atomic E-state index is 0.0454. The fraction of sp³-hybridized carbons (Fsp3) is 0.111. The summed E-state index contributed by atoms with van der Waals surface area (Å²) in [5, 5.41) is 0. The van der Waals surface area contributed by atoms with Crippen LogP contribution in [0.4, 0.5) is 0 Å². The summed E-state index contributed by atoms with van der Waals surface area (Å²) < 4.78 is 0. The van der Waals surface area contributed by atoms with E-state index in [0.717, 1.165) is 11.1 Å². The fourth-order valence-electron chi connectivity index (χ4n) is 1.97. The molecular formula is C18H16O2. The van der Waals surface area contributed by atoms with Crippen LogP contribution in [0.5, 0.6) is 0 Å². The molecule has 100 valence electrons. The third-order valence-electron chi connectivity index (χ3n) is 2.93. The molecule has 0 saturated carbocycles. The van der Waals surface area contributed by atoms with Gasteiger partial charge in [-0.15, -0.1) is 0 Å². The molecule has 0 heterocycles. The van der Waals surface area contributed by atoms with Crippen molar-refractivity contribution in [2.45, 2.75) is 13.3 Å². The van der Waals surface area contributed by atoms with Crippen molar-refractivity contribution in [3.63, 3.8) is 0 Å². The highest BCUT2D eigenvalue weighted by Gasteiger charge is 2.11. The lowest BCUT2D eigenvalue weighted by Gasteiger charge is -2.03. The Labute approximate surface area is 118 Å². The highest BCUT2D eigenvalue weighted by Crippen LogP contribution is 2.15. The van der Waals surface area contributed by atoms with Crippen molar-refractivity contribution in [2.24, 2.45) is 0 Å². The van der Waals surface area contributed by atoms with Gasteiger partial charge in [0.1, 0.15) is 5.78 Å². The molecule has 20 heavy (non-hydrogen) atoms. The zero-order valence-corrected chi connectivity index (χ0v) is 11.4. The first-order chi connectivity index (χ1) is 9.66. The van der Waals surface area contributed by atoms with E-state index in [0.29, 0.717) is 5.56 Å². The van der Waals surface area contributed by atoms with Gasteiger partial charge in [-0.1, -0.05) is 66.7 Å². The van der Waals surface area contributed by atoms with E-state index in [2.05, 4.69) is 0 Å². The van der Waals surface area contributed by atoms with E-state index >= 15 is 0 Å². The molecule has 0 spiro atoms. The molecule has 0 radical (unpaired) electrons. The van der Waals surface area contributed by atoms with Crippen LogP contribution in [0, 0.1) is 0 Å². The predicted molar refractivity (Wildman–Crippen MR) is 81.4 cm³/mol. The van der Waals surface area contributed by atoms with Crippen LogP contribution in [-0.4, -0.2) is 11.6 Å². The van der Waals surface area contributed by atoms with Crippen LogP contribution in [0.1, 0.15) is 34.8 Å². The molecule has 2 aromatic rings. The zero-order valence-electron chi connectivity index (χ0n) is 11.4. The van der Waals surface area contributed by atoms with Crippen LogP contribution in [0.2, 0.25) is 0 Å². The largest absolute Gasteiger partial charge is 0.300 e. The molecule has 2 heteroatoms. The molecular weight excluding hydrogens is 248 g/mol. The Morgan fingerprint density at radius 1 is 0.900 bits per heavy atom. The second kappa shape index (κ2) is 6.62. The molecule has 2 aromatic carbocycles. The van der Waals surface area contributed by atoms with Crippen LogP contribution in [0.15, 0.2) is 54.6 Å². The average molecular weight is 264 g/mol. The van der Waals surface area contributed by atoms with Crippen LogP contribution < -0.4 is 0 Å². The maximum Gasteiger partial charge on any atom is 0.170 e. The van der Waals surface area contributed by atoms with Gasteiger partial charge in [-0.05, 0) is 18.1 Å². The highest BCUT2D eigenvalue weighted by molar-refractivity contribution is 6.09. The van der Waals surface area contributed by atoms with Crippen molar-refractivity contribution >= 4 is 23.7 Å². The van der Waals surface area contributed by atoms with Gasteiger partial charge in [-0.25, -0.2) is 0 Å². The van der Waals surface area contributed by atoms with Gasteiger partial charge in [0.25, 0.3) is 0 Å². The Morgan fingerprint density at radius 3 is 2.25 bits per heavy atom. The minimum atomic E-state index is -0.134. The molecule has 0 aliphatic carbocycles. The Bertz CT molecular complexity index is 639. The van der Waals surface area contributed by atoms with Gasteiger partial charge in [0, 0.05) is 5.56 Å². The van der Waals surface area contributed by atoms with Crippen LogP contribution in [0.25, 0.3) is 12.2 Å². The second-order valence-electron chi connectivity index (χ2n) is 4.63. The van der Waals surface area contributed by atoms with Crippen molar-refractivity contribution in [2.75, 3.05) is 0 Å². The van der Waals surface area contributed by atoms with Crippen molar-refractivity contribution < 1.29 is 9.59 Å². The van der Waals surface area contributed by atoms with Gasteiger partial charge in [0.15, 0.2) is 5.78 Å². The van der Waals surface area contributed by atoms with Crippen LogP contribution in [0.3, 0.4) is 0 Å². The smallest absolute Gasteiger partial charge is 0.170 e. The maximum atomic E-state index is 12.0. The molecule has 0 fully saturated rings. The summed E-state index contributed by atoms with van der Waals surface area (Å²) in [6.07, 6.45) is 3.82.